The first-order chi connectivity index (χ1) is 14.4. The zero-order valence-corrected chi connectivity index (χ0v) is 17.5. The molecule has 2 atom stereocenters. The van der Waals surface area contributed by atoms with E-state index in [4.69, 9.17) is 4.74 Å². The minimum atomic E-state index is -0.409. The number of aromatic nitrogens is 2. The van der Waals surface area contributed by atoms with Crippen LogP contribution in [0.1, 0.15) is 49.1 Å². The summed E-state index contributed by atoms with van der Waals surface area (Å²) in [6.45, 7) is 4.22. The Hall–Kier alpha value is -2.96. The highest BCUT2D eigenvalue weighted by Gasteiger charge is 2.47. The van der Waals surface area contributed by atoms with Crippen molar-refractivity contribution < 1.29 is 19.1 Å². The number of fused-ring (bicyclic) bond motifs is 1. The predicted octanol–water partition coefficient (Wildman–Crippen LogP) is 3.10. The van der Waals surface area contributed by atoms with Crippen LogP contribution in [0.2, 0.25) is 0 Å². The van der Waals surface area contributed by atoms with Gasteiger partial charge in [-0.05, 0) is 50.5 Å². The predicted molar refractivity (Wildman–Crippen MR) is 110 cm³/mol. The highest BCUT2D eigenvalue weighted by atomic mass is 16.5. The van der Waals surface area contributed by atoms with Crippen molar-refractivity contribution in [2.24, 2.45) is 11.8 Å². The van der Waals surface area contributed by atoms with Crippen molar-refractivity contribution in [1.29, 1.82) is 0 Å². The smallest absolute Gasteiger partial charge is 0.307 e. The molecule has 2 heterocycles. The van der Waals surface area contributed by atoms with Crippen LogP contribution in [-0.4, -0.2) is 39.0 Å². The fourth-order valence-corrected chi connectivity index (χ4v) is 4.51. The number of rotatable bonds is 6. The molecule has 1 saturated heterocycles. The third-order valence-corrected chi connectivity index (χ3v) is 6.06. The van der Waals surface area contributed by atoms with E-state index in [1.54, 1.807) is 0 Å². The molecule has 2 aliphatic rings. The molecule has 4 rings (SSSR count). The van der Waals surface area contributed by atoms with E-state index >= 15 is 0 Å². The van der Waals surface area contributed by atoms with Crippen molar-refractivity contribution in [2.75, 3.05) is 6.54 Å². The lowest BCUT2D eigenvalue weighted by atomic mass is 9.81. The first-order valence-electron chi connectivity index (χ1n) is 10.6. The van der Waals surface area contributed by atoms with Gasteiger partial charge in [0.15, 0.2) is 0 Å². The molecule has 7 nitrogen and oxygen atoms in total. The van der Waals surface area contributed by atoms with Crippen LogP contribution in [0.15, 0.2) is 30.3 Å². The van der Waals surface area contributed by atoms with E-state index in [1.165, 1.54) is 4.90 Å². The Kier molecular flexibility index (Phi) is 5.70. The lowest BCUT2D eigenvalue weighted by molar-refractivity contribution is -0.146. The molecular weight excluding hydrogens is 382 g/mol. The monoisotopic (exact) mass is 409 g/mol. The number of imide groups is 1. The number of benzene rings is 1. The van der Waals surface area contributed by atoms with Crippen molar-refractivity contribution >= 4 is 17.8 Å². The molecule has 1 aromatic carbocycles. The topological polar surface area (TPSA) is 81.5 Å². The quantitative estimate of drug-likeness (QED) is 0.541. The van der Waals surface area contributed by atoms with Crippen LogP contribution < -0.4 is 0 Å². The van der Waals surface area contributed by atoms with Gasteiger partial charge in [0.25, 0.3) is 0 Å². The SMILES string of the molecule is Cc1cc(C)n(-c2ccc(COC(=O)CCN3C(=O)[C@H]4CCCC[C@@H]4C3=O)cc2)n1. The van der Waals surface area contributed by atoms with Crippen LogP contribution in [0.3, 0.4) is 0 Å². The standard InChI is InChI=1S/C23H27N3O4/c1-15-13-16(2)26(24-15)18-9-7-17(8-10-18)14-30-21(27)11-12-25-22(28)19-5-3-4-6-20(19)23(25)29/h7-10,13,19-20H,3-6,11-12,14H2,1-2H3/t19-,20-/m0/s1. The van der Waals surface area contributed by atoms with Gasteiger partial charge in [-0.15, -0.1) is 0 Å². The minimum Gasteiger partial charge on any atom is -0.461 e. The summed E-state index contributed by atoms with van der Waals surface area (Å²) in [5.41, 5.74) is 3.83. The summed E-state index contributed by atoms with van der Waals surface area (Å²) in [5.74, 6) is -0.992. The van der Waals surface area contributed by atoms with Crippen LogP contribution in [0.25, 0.3) is 5.69 Å². The third-order valence-electron chi connectivity index (χ3n) is 6.06. The van der Waals surface area contributed by atoms with Gasteiger partial charge in [0.2, 0.25) is 11.8 Å². The summed E-state index contributed by atoms with van der Waals surface area (Å²) in [6.07, 6.45) is 3.58. The molecule has 0 bridgehead atoms. The maximum absolute atomic E-state index is 12.5. The zero-order chi connectivity index (χ0) is 21.3. The summed E-state index contributed by atoms with van der Waals surface area (Å²) >= 11 is 0. The van der Waals surface area contributed by atoms with E-state index in [0.717, 1.165) is 48.3 Å². The van der Waals surface area contributed by atoms with Gasteiger partial charge in [0.1, 0.15) is 6.61 Å². The summed E-state index contributed by atoms with van der Waals surface area (Å²) in [7, 11) is 0. The summed E-state index contributed by atoms with van der Waals surface area (Å²) in [4.78, 5) is 38.3. The third kappa shape index (κ3) is 4.01. The Balaban J connectivity index is 1.27. The highest BCUT2D eigenvalue weighted by molar-refractivity contribution is 6.05. The maximum atomic E-state index is 12.5. The van der Waals surface area contributed by atoms with Gasteiger partial charge < -0.3 is 4.74 Å². The van der Waals surface area contributed by atoms with Gasteiger partial charge >= 0.3 is 5.97 Å². The molecule has 2 amide bonds. The van der Waals surface area contributed by atoms with Crippen LogP contribution in [0.5, 0.6) is 0 Å². The lowest BCUT2D eigenvalue weighted by Gasteiger charge is -2.19. The number of likely N-dealkylation sites (tertiary alicyclic amines) is 1. The van der Waals surface area contributed by atoms with Gasteiger partial charge in [-0.3, -0.25) is 19.3 Å². The number of carbonyl (C=O) groups excluding carboxylic acids is 3. The van der Waals surface area contributed by atoms with Gasteiger partial charge in [-0.2, -0.15) is 5.10 Å². The molecule has 30 heavy (non-hydrogen) atoms. The Bertz CT molecular complexity index is 939. The number of carbonyl (C=O) groups is 3. The van der Waals surface area contributed by atoms with Crippen molar-refractivity contribution in [3.8, 4) is 5.69 Å². The second-order valence-electron chi connectivity index (χ2n) is 8.24. The Morgan fingerprint density at radius 1 is 1.07 bits per heavy atom. The highest BCUT2D eigenvalue weighted by Crippen LogP contribution is 2.37. The zero-order valence-electron chi connectivity index (χ0n) is 17.5. The Morgan fingerprint density at radius 2 is 1.70 bits per heavy atom. The normalized spacial score (nSPS) is 21.1. The van der Waals surface area contributed by atoms with Crippen molar-refractivity contribution in [1.82, 2.24) is 14.7 Å². The van der Waals surface area contributed by atoms with Crippen LogP contribution in [-0.2, 0) is 25.7 Å². The molecular formula is C23H27N3O4. The first-order valence-corrected chi connectivity index (χ1v) is 10.6. The molecule has 7 heteroatoms. The van der Waals surface area contributed by atoms with Crippen molar-refractivity contribution in [3.63, 3.8) is 0 Å². The number of amides is 2. The molecule has 2 fully saturated rings. The van der Waals surface area contributed by atoms with Crippen LogP contribution in [0.4, 0.5) is 0 Å². The Morgan fingerprint density at radius 3 is 2.27 bits per heavy atom. The van der Waals surface area contributed by atoms with Gasteiger partial charge in [0.05, 0.1) is 29.6 Å². The fraction of sp³-hybridized carbons (Fsp3) is 0.478. The number of esters is 1. The maximum Gasteiger partial charge on any atom is 0.307 e. The summed E-state index contributed by atoms with van der Waals surface area (Å²) < 4.78 is 7.21. The van der Waals surface area contributed by atoms with E-state index in [0.29, 0.717) is 0 Å². The number of aryl methyl sites for hydroxylation is 2. The molecule has 1 aliphatic carbocycles. The van der Waals surface area contributed by atoms with Crippen LogP contribution >= 0.6 is 0 Å². The van der Waals surface area contributed by atoms with E-state index in [1.807, 2.05) is 48.9 Å². The van der Waals surface area contributed by atoms with E-state index < -0.39 is 5.97 Å². The van der Waals surface area contributed by atoms with Gasteiger partial charge in [-0.1, -0.05) is 25.0 Å². The van der Waals surface area contributed by atoms with Crippen LogP contribution in [0, 0.1) is 25.7 Å². The molecule has 1 saturated carbocycles. The average Bonchev–Trinajstić information content (AvgIpc) is 3.21. The molecule has 0 N–H and O–H groups in total. The number of nitrogens with zero attached hydrogens (tertiary/aromatic N) is 3. The second-order valence-corrected chi connectivity index (χ2v) is 8.24. The Labute approximate surface area is 176 Å². The molecule has 1 aliphatic heterocycles. The van der Waals surface area contributed by atoms with E-state index in [-0.39, 0.29) is 43.2 Å². The molecule has 2 aromatic rings. The van der Waals surface area contributed by atoms with E-state index in [2.05, 4.69) is 5.10 Å². The first kappa shape index (κ1) is 20.3. The second kappa shape index (κ2) is 8.42. The fourth-order valence-electron chi connectivity index (χ4n) is 4.51. The molecule has 158 valence electrons. The summed E-state index contributed by atoms with van der Waals surface area (Å²) in [6, 6.07) is 9.69. The molecule has 0 radical (unpaired) electrons. The number of hydrogen-bond donors (Lipinski definition) is 0. The molecule has 0 unspecified atom stereocenters. The number of ether oxygens (including phenoxy) is 1. The van der Waals surface area contributed by atoms with Gasteiger partial charge in [0, 0.05) is 12.2 Å². The van der Waals surface area contributed by atoms with Crippen molar-refractivity contribution in [3.05, 3.63) is 47.3 Å². The lowest BCUT2D eigenvalue weighted by Crippen LogP contribution is -2.33. The van der Waals surface area contributed by atoms with Gasteiger partial charge in [-0.25, -0.2) is 4.68 Å². The summed E-state index contributed by atoms with van der Waals surface area (Å²) in [5, 5.41) is 4.46. The van der Waals surface area contributed by atoms with Crippen molar-refractivity contribution in [2.45, 2.75) is 52.6 Å². The molecule has 0 spiro atoms. The largest absolute Gasteiger partial charge is 0.461 e. The van der Waals surface area contributed by atoms with E-state index in [9.17, 15) is 14.4 Å². The minimum absolute atomic E-state index is 0.0285. The molecule has 1 aromatic heterocycles. The number of hydrogen-bond acceptors (Lipinski definition) is 5. The average molecular weight is 409 g/mol.